The summed E-state index contributed by atoms with van der Waals surface area (Å²) in [6.07, 6.45) is 0. The fourth-order valence-corrected chi connectivity index (χ4v) is 4.94. The first-order chi connectivity index (χ1) is 13.9. The van der Waals surface area contributed by atoms with E-state index in [1.54, 1.807) is 48.5 Å². The minimum Gasteiger partial charge on any atom is -0.422 e. The quantitative estimate of drug-likeness (QED) is 0.612. The summed E-state index contributed by atoms with van der Waals surface area (Å²) in [6.45, 7) is 0.831. The lowest BCUT2D eigenvalue weighted by Gasteiger charge is -2.33. The van der Waals surface area contributed by atoms with Crippen molar-refractivity contribution in [2.45, 2.75) is 5.75 Å². The number of nitrogens with zero attached hydrogens (tertiary/aromatic N) is 2. The van der Waals surface area contributed by atoms with Gasteiger partial charge in [-0.1, -0.05) is 48.5 Å². The molecule has 1 aromatic heterocycles. The van der Waals surface area contributed by atoms with E-state index in [9.17, 15) is 18.0 Å². The van der Waals surface area contributed by atoms with Crippen LogP contribution >= 0.6 is 0 Å². The van der Waals surface area contributed by atoms with E-state index in [1.165, 1.54) is 15.3 Å². The van der Waals surface area contributed by atoms with E-state index in [2.05, 4.69) is 0 Å². The number of para-hydroxylation sites is 1. The molecule has 0 bridgehead atoms. The van der Waals surface area contributed by atoms with E-state index in [-0.39, 0.29) is 37.5 Å². The van der Waals surface area contributed by atoms with Crippen LogP contribution in [-0.2, 0) is 15.8 Å². The number of hydrogen-bond acceptors (Lipinski definition) is 5. The number of rotatable bonds is 4. The molecule has 1 amide bonds. The van der Waals surface area contributed by atoms with Gasteiger partial charge in [-0.25, -0.2) is 13.2 Å². The number of amides is 1. The molecule has 1 fully saturated rings. The van der Waals surface area contributed by atoms with Crippen molar-refractivity contribution in [2.24, 2.45) is 0 Å². The van der Waals surface area contributed by atoms with Crippen LogP contribution in [-0.4, -0.2) is 49.7 Å². The lowest BCUT2D eigenvalue weighted by molar-refractivity contribution is 0.0693. The minimum atomic E-state index is -3.47. The Morgan fingerprint density at radius 2 is 1.59 bits per heavy atom. The molecule has 0 N–H and O–H groups in total. The molecule has 0 spiro atoms. The van der Waals surface area contributed by atoms with Crippen LogP contribution in [0.3, 0.4) is 0 Å². The van der Waals surface area contributed by atoms with Crippen LogP contribution in [0.1, 0.15) is 15.9 Å². The Labute approximate surface area is 168 Å². The number of fused-ring (bicyclic) bond motifs is 1. The first kappa shape index (κ1) is 19.4. The van der Waals surface area contributed by atoms with Gasteiger partial charge in [-0.3, -0.25) is 4.79 Å². The van der Waals surface area contributed by atoms with E-state index in [0.717, 1.165) is 5.56 Å². The highest BCUT2D eigenvalue weighted by atomic mass is 32.2. The molecule has 0 aliphatic carbocycles. The Morgan fingerprint density at radius 1 is 0.931 bits per heavy atom. The number of benzene rings is 2. The van der Waals surface area contributed by atoms with Gasteiger partial charge in [0.25, 0.3) is 5.91 Å². The Hall–Kier alpha value is -2.97. The van der Waals surface area contributed by atoms with Crippen LogP contribution in [0.4, 0.5) is 0 Å². The van der Waals surface area contributed by atoms with Crippen molar-refractivity contribution in [1.29, 1.82) is 0 Å². The van der Waals surface area contributed by atoms with E-state index in [0.29, 0.717) is 11.0 Å². The van der Waals surface area contributed by atoms with Crippen LogP contribution in [0.25, 0.3) is 11.0 Å². The van der Waals surface area contributed by atoms with Crippen molar-refractivity contribution in [1.82, 2.24) is 9.21 Å². The molecule has 2 heterocycles. The van der Waals surface area contributed by atoms with Crippen molar-refractivity contribution in [3.05, 3.63) is 82.2 Å². The Morgan fingerprint density at radius 3 is 2.31 bits per heavy atom. The molecule has 8 heteroatoms. The third-order valence-electron chi connectivity index (χ3n) is 4.98. The minimum absolute atomic E-state index is 0.0377. The van der Waals surface area contributed by atoms with E-state index >= 15 is 0 Å². The summed E-state index contributed by atoms with van der Waals surface area (Å²) in [7, 11) is -3.47. The number of sulfonamides is 1. The van der Waals surface area contributed by atoms with Crippen LogP contribution in [0.5, 0.6) is 0 Å². The van der Waals surface area contributed by atoms with E-state index in [4.69, 9.17) is 4.42 Å². The van der Waals surface area contributed by atoms with Gasteiger partial charge in [0, 0.05) is 31.6 Å². The molecule has 0 radical (unpaired) electrons. The van der Waals surface area contributed by atoms with Crippen LogP contribution < -0.4 is 5.63 Å². The normalized spacial score (nSPS) is 15.5. The van der Waals surface area contributed by atoms with Crippen LogP contribution in [0.15, 0.2) is 69.9 Å². The summed E-state index contributed by atoms with van der Waals surface area (Å²) < 4.78 is 32.0. The smallest absolute Gasteiger partial charge is 0.349 e. The summed E-state index contributed by atoms with van der Waals surface area (Å²) in [6, 6.07) is 17.5. The first-order valence-corrected chi connectivity index (χ1v) is 10.9. The predicted octanol–water partition coefficient (Wildman–Crippen LogP) is 2.08. The number of hydrogen-bond donors (Lipinski definition) is 0. The molecule has 3 aromatic rings. The average Bonchev–Trinajstić information content (AvgIpc) is 2.73. The molecule has 0 unspecified atom stereocenters. The van der Waals surface area contributed by atoms with Crippen molar-refractivity contribution in [2.75, 3.05) is 26.2 Å². The van der Waals surface area contributed by atoms with Gasteiger partial charge in [0.2, 0.25) is 10.0 Å². The van der Waals surface area contributed by atoms with Gasteiger partial charge in [0.15, 0.2) is 0 Å². The monoisotopic (exact) mass is 412 g/mol. The third kappa shape index (κ3) is 4.08. The second kappa shape index (κ2) is 7.81. The molecule has 1 saturated heterocycles. The SMILES string of the molecule is O=C(c1cc2ccccc2oc1=O)N1CCN(S(=O)(=O)Cc2ccccc2)CC1. The first-order valence-electron chi connectivity index (χ1n) is 9.28. The third-order valence-corrected chi connectivity index (χ3v) is 6.83. The Balaban J connectivity index is 1.46. The maximum atomic E-state index is 12.8. The molecule has 1 aliphatic rings. The Bertz CT molecular complexity index is 1200. The number of carbonyl (C=O) groups is 1. The average molecular weight is 412 g/mol. The van der Waals surface area contributed by atoms with Gasteiger partial charge in [0.1, 0.15) is 11.1 Å². The highest BCUT2D eigenvalue weighted by Crippen LogP contribution is 2.17. The largest absolute Gasteiger partial charge is 0.422 e. The summed E-state index contributed by atoms with van der Waals surface area (Å²) in [5, 5.41) is 0.666. The molecule has 2 aromatic carbocycles. The maximum Gasteiger partial charge on any atom is 0.349 e. The molecule has 1 aliphatic heterocycles. The van der Waals surface area contributed by atoms with Crippen molar-refractivity contribution in [3.8, 4) is 0 Å². The highest BCUT2D eigenvalue weighted by molar-refractivity contribution is 7.88. The predicted molar refractivity (Wildman–Crippen MR) is 109 cm³/mol. The molecule has 29 heavy (non-hydrogen) atoms. The van der Waals surface area contributed by atoms with E-state index in [1.807, 2.05) is 6.07 Å². The highest BCUT2D eigenvalue weighted by Gasteiger charge is 2.30. The lowest BCUT2D eigenvalue weighted by Crippen LogP contribution is -2.51. The number of carbonyl (C=O) groups excluding carboxylic acids is 1. The molecule has 0 saturated carbocycles. The van der Waals surface area contributed by atoms with Crippen molar-refractivity contribution < 1.29 is 17.6 Å². The van der Waals surface area contributed by atoms with Crippen LogP contribution in [0.2, 0.25) is 0 Å². The fourth-order valence-electron chi connectivity index (χ4n) is 3.43. The standard InChI is InChI=1S/C21H20N2O5S/c24-20(18-14-17-8-4-5-9-19(17)28-21(18)25)22-10-12-23(13-11-22)29(26,27)15-16-6-2-1-3-7-16/h1-9,14H,10-13,15H2. The van der Waals surface area contributed by atoms with Gasteiger partial charge in [-0.05, 0) is 17.7 Å². The zero-order valence-corrected chi connectivity index (χ0v) is 16.5. The molecular formula is C21H20N2O5S. The fraction of sp³-hybridized carbons (Fsp3) is 0.238. The molecular weight excluding hydrogens is 392 g/mol. The van der Waals surface area contributed by atoms with Gasteiger partial charge in [-0.15, -0.1) is 0 Å². The van der Waals surface area contributed by atoms with Gasteiger partial charge < -0.3 is 9.32 Å². The second-order valence-electron chi connectivity index (χ2n) is 6.92. The summed E-state index contributed by atoms with van der Waals surface area (Å²) in [5.41, 5.74) is 0.419. The zero-order valence-electron chi connectivity index (χ0n) is 15.7. The summed E-state index contributed by atoms with van der Waals surface area (Å²) in [5.74, 6) is -0.514. The van der Waals surface area contributed by atoms with Gasteiger partial charge >= 0.3 is 5.63 Å². The Kier molecular flexibility index (Phi) is 5.21. The molecule has 7 nitrogen and oxygen atoms in total. The molecule has 4 rings (SSSR count). The van der Waals surface area contributed by atoms with Gasteiger partial charge in [0.05, 0.1) is 5.75 Å². The van der Waals surface area contributed by atoms with Crippen molar-refractivity contribution in [3.63, 3.8) is 0 Å². The zero-order chi connectivity index (χ0) is 20.4. The van der Waals surface area contributed by atoms with Crippen molar-refractivity contribution >= 4 is 26.9 Å². The summed E-state index contributed by atoms with van der Waals surface area (Å²) in [4.78, 5) is 26.5. The summed E-state index contributed by atoms with van der Waals surface area (Å²) >= 11 is 0. The van der Waals surface area contributed by atoms with Crippen LogP contribution in [0, 0.1) is 0 Å². The topological polar surface area (TPSA) is 87.9 Å². The molecule has 0 atom stereocenters. The van der Waals surface area contributed by atoms with Gasteiger partial charge in [-0.2, -0.15) is 4.31 Å². The molecule has 150 valence electrons. The maximum absolute atomic E-state index is 12.8. The number of piperazine rings is 1. The van der Waals surface area contributed by atoms with E-state index < -0.39 is 21.6 Å². The second-order valence-corrected chi connectivity index (χ2v) is 8.89. The lowest BCUT2D eigenvalue weighted by atomic mass is 10.1.